The highest BCUT2D eigenvalue weighted by molar-refractivity contribution is 7.80. The molecule has 5 nitrogen and oxygen atoms in total. The Kier molecular flexibility index (Phi) is 6.36. The number of aryl methyl sites for hydroxylation is 2. The van der Waals surface area contributed by atoms with Crippen molar-refractivity contribution in [2.24, 2.45) is 5.10 Å². The number of methoxy groups -OCH3 is 2. The van der Waals surface area contributed by atoms with Crippen LogP contribution in [0.25, 0.3) is 0 Å². The number of para-hydroxylation sites is 1. The molecule has 0 saturated heterocycles. The van der Waals surface area contributed by atoms with Gasteiger partial charge in [-0.1, -0.05) is 18.2 Å². The molecule has 0 spiro atoms. The first-order valence-electron chi connectivity index (χ1n) is 7.86. The van der Waals surface area contributed by atoms with E-state index in [4.69, 9.17) is 21.7 Å². The number of anilines is 1. The average molecular weight is 357 g/mol. The lowest BCUT2D eigenvalue weighted by Gasteiger charge is -2.13. The number of nitrogens with zero attached hydrogens (tertiary/aromatic N) is 1. The highest BCUT2D eigenvalue weighted by Crippen LogP contribution is 2.27. The zero-order valence-corrected chi connectivity index (χ0v) is 16.0. The fraction of sp³-hybridized carbons (Fsp3) is 0.263. The van der Waals surface area contributed by atoms with Gasteiger partial charge in [-0.15, -0.1) is 0 Å². The number of hydrazone groups is 1. The topological polar surface area (TPSA) is 54.9 Å². The Balaban J connectivity index is 2.09. The Hall–Kier alpha value is -2.60. The van der Waals surface area contributed by atoms with E-state index in [1.165, 1.54) is 0 Å². The summed E-state index contributed by atoms with van der Waals surface area (Å²) >= 11 is 5.34. The first-order chi connectivity index (χ1) is 12.0. The zero-order valence-electron chi connectivity index (χ0n) is 15.1. The number of benzene rings is 2. The van der Waals surface area contributed by atoms with Gasteiger partial charge in [-0.25, -0.2) is 0 Å². The normalized spacial score (nSPS) is 11.0. The van der Waals surface area contributed by atoms with Gasteiger partial charge in [0.2, 0.25) is 0 Å². The summed E-state index contributed by atoms with van der Waals surface area (Å²) in [6.45, 7) is 5.97. The fourth-order valence-corrected chi connectivity index (χ4v) is 2.56. The number of rotatable bonds is 5. The summed E-state index contributed by atoms with van der Waals surface area (Å²) in [5.41, 5.74) is 7.84. The van der Waals surface area contributed by atoms with Gasteiger partial charge >= 0.3 is 0 Å². The minimum atomic E-state index is 0.442. The molecule has 132 valence electrons. The highest BCUT2D eigenvalue weighted by Gasteiger charge is 2.07. The summed E-state index contributed by atoms with van der Waals surface area (Å²) in [4.78, 5) is 0. The average Bonchev–Trinajstić information content (AvgIpc) is 2.62. The van der Waals surface area contributed by atoms with Crippen LogP contribution >= 0.6 is 12.2 Å². The fourth-order valence-electron chi connectivity index (χ4n) is 2.41. The van der Waals surface area contributed by atoms with E-state index in [0.717, 1.165) is 28.1 Å². The van der Waals surface area contributed by atoms with Crippen molar-refractivity contribution in [1.29, 1.82) is 0 Å². The maximum absolute atomic E-state index is 5.34. The maximum Gasteiger partial charge on any atom is 0.191 e. The third-order valence-corrected chi connectivity index (χ3v) is 4.04. The Morgan fingerprint density at radius 1 is 1.00 bits per heavy atom. The Bertz CT molecular complexity index is 783. The molecule has 2 N–H and O–H groups in total. The van der Waals surface area contributed by atoms with Crippen LogP contribution in [-0.2, 0) is 0 Å². The van der Waals surface area contributed by atoms with E-state index < -0.39 is 0 Å². The SMILES string of the molecule is COc1ccc(/C(C)=N\NC(=S)Nc2c(C)cccc2C)cc1OC. The molecular formula is C19H23N3O2S. The van der Waals surface area contributed by atoms with E-state index in [9.17, 15) is 0 Å². The van der Waals surface area contributed by atoms with Gasteiger partial charge in [0.1, 0.15) is 0 Å². The van der Waals surface area contributed by atoms with Crippen LogP contribution in [0.5, 0.6) is 11.5 Å². The van der Waals surface area contributed by atoms with Crippen LogP contribution in [0.4, 0.5) is 5.69 Å². The van der Waals surface area contributed by atoms with Gasteiger partial charge in [-0.3, -0.25) is 5.43 Å². The molecule has 0 aliphatic rings. The Morgan fingerprint density at radius 3 is 2.24 bits per heavy atom. The maximum atomic E-state index is 5.34. The highest BCUT2D eigenvalue weighted by atomic mass is 32.1. The second-order valence-electron chi connectivity index (χ2n) is 5.60. The monoisotopic (exact) mass is 357 g/mol. The van der Waals surface area contributed by atoms with E-state index >= 15 is 0 Å². The molecule has 0 heterocycles. The molecule has 25 heavy (non-hydrogen) atoms. The van der Waals surface area contributed by atoms with Gasteiger partial charge in [0.15, 0.2) is 16.6 Å². The summed E-state index contributed by atoms with van der Waals surface area (Å²) in [7, 11) is 3.22. The minimum Gasteiger partial charge on any atom is -0.493 e. The molecule has 0 amide bonds. The first kappa shape index (κ1) is 18.7. The lowest BCUT2D eigenvalue weighted by Crippen LogP contribution is -2.25. The van der Waals surface area contributed by atoms with Gasteiger partial charge in [0.05, 0.1) is 19.9 Å². The summed E-state index contributed by atoms with van der Waals surface area (Å²) < 4.78 is 10.6. The van der Waals surface area contributed by atoms with E-state index in [0.29, 0.717) is 16.6 Å². The third-order valence-electron chi connectivity index (χ3n) is 3.85. The number of ether oxygens (including phenoxy) is 2. The second-order valence-corrected chi connectivity index (χ2v) is 6.01. The van der Waals surface area contributed by atoms with Crippen LogP contribution in [0.2, 0.25) is 0 Å². The third kappa shape index (κ3) is 4.70. The van der Waals surface area contributed by atoms with E-state index in [1.54, 1.807) is 14.2 Å². The van der Waals surface area contributed by atoms with Crippen molar-refractivity contribution in [1.82, 2.24) is 5.43 Å². The van der Waals surface area contributed by atoms with Gasteiger partial charge in [0.25, 0.3) is 0 Å². The predicted molar refractivity (Wildman–Crippen MR) is 107 cm³/mol. The van der Waals surface area contributed by atoms with Crippen LogP contribution in [0.15, 0.2) is 41.5 Å². The number of thiocarbonyl (C=S) groups is 1. The molecule has 0 aliphatic carbocycles. The molecule has 2 rings (SSSR count). The van der Waals surface area contributed by atoms with Crippen molar-refractivity contribution in [2.75, 3.05) is 19.5 Å². The van der Waals surface area contributed by atoms with Crippen LogP contribution < -0.4 is 20.2 Å². The van der Waals surface area contributed by atoms with Crippen LogP contribution in [-0.4, -0.2) is 25.0 Å². The molecule has 0 bridgehead atoms. The minimum absolute atomic E-state index is 0.442. The van der Waals surface area contributed by atoms with Crippen LogP contribution in [0.1, 0.15) is 23.6 Å². The molecule has 2 aromatic rings. The number of hydrogen-bond donors (Lipinski definition) is 2. The molecule has 2 aromatic carbocycles. The molecule has 0 aliphatic heterocycles. The van der Waals surface area contributed by atoms with Gasteiger partial charge < -0.3 is 14.8 Å². The van der Waals surface area contributed by atoms with E-state index in [2.05, 4.69) is 15.8 Å². The molecule has 0 fully saturated rings. The molecule has 0 atom stereocenters. The molecule has 6 heteroatoms. The van der Waals surface area contributed by atoms with Crippen molar-refractivity contribution in [3.8, 4) is 11.5 Å². The Morgan fingerprint density at radius 2 is 1.64 bits per heavy atom. The van der Waals surface area contributed by atoms with Gasteiger partial charge in [0, 0.05) is 11.3 Å². The quantitative estimate of drug-likeness (QED) is 0.481. The van der Waals surface area contributed by atoms with Crippen LogP contribution in [0, 0.1) is 13.8 Å². The molecule has 0 radical (unpaired) electrons. The molecular weight excluding hydrogens is 334 g/mol. The largest absolute Gasteiger partial charge is 0.493 e. The number of hydrogen-bond acceptors (Lipinski definition) is 4. The number of nitrogens with one attached hydrogen (secondary N) is 2. The van der Waals surface area contributed by atoms with E-state index in [-0.39, 0.29) is 0 Å². The predicted octanol–water partition coefficient (Wildman–Crippen LogP) is 4.03. The lowest BCUT2D eigenvalue weighted by atomic mass is 10.1. The standard InChI is InChI=1S/C19H23N3O2S/c1-12-7-6-8-13(2)18(12)20-19(25)22-21-14(3)15-9-10-16(23-4)17(11-15)24-5/h6-11H,1-5H3,(H2,20,22,25)/b21-14-. The van der Waals surface area contributed by atoms with Gasteiger partial charge in [-0.05, 0) is 62.3 Å². The molecule has 0 saturated carbocycles. The Labute approximate surface area is 154 Å². The van der Waals surface area contributed by atoms with Gasteiger partial charge in [-0.2, -0.15) is 5.10 Å². The van der Waals surface area contributed by atoms with Crippen molar-refractivity contribution >= 4 is 28.7 Å². The smallest absolute Gasteiger partial charge is 0.191 e. The van der Waals surface area contributed by atoms with Crippen molar-refractivity contribution < 1.29 is 9.47 Å². The van der Waals surface area contributed by atoms with E-state index in [1.807, 2.05) is 57.2 Å². The summed E-state index contributed by atoms with van der Waals surface area (Å²) in [5, 5.41) is 7.98. The lowest BCUT2D eigenvalue weighted by molar-refractivity contribution is 0.355. The zero-order chi connectivity index (χ0) is 18.4. The summed E-state index contributed by atoms with van der Waals surface area (Å²) in [6, 6.07) is 11.7. The molecule has 0 aromatic heterocycles. The first-order valence-corrected chi connectivity index (χ1v) is 8.27. The van der Waals surface area contributed by atoms with Crippen molar-refractivity contribution in [3.63, 3.8) is 0 Å². The summed E-state index contributed by atoms with van der Waals surface area (Å²) in [5.74, 6) is 1.34. The summed E-state index contributed by atoms with van der Waals surface area (Å²) in [6.07, 6.45) is 0. The van der Waals surface area contributed by atoms with Crippen molar-refractivity contribution in [3.05, 3.63) is 53.1 Å². The second kappa shape index (κ2) is 8.48. The molecule has 0 unspecified atom stereocenters. The van der Waals surface area contributed by atoms with Crippen molar-refractivity contribution in [2.45, 2.75) is 20.8 Å². The van der Waals surface area contributed by atoms with Crippen LogP contribution in [0.3, 0.4) is 0 Å².